The predicted octanol–water partition coefficient (Wildman–Crippen LogP) is 7.26. The fraction of sp³-hybridized carbons (Fsp3) is 0.875. The van der Waals surface area contributed by atoms with Crippen molar-refractivity contribution < 1.29 is 9.53 Å². The van der Waals surface area contributed by atoms with Crippen LogP contribution in [0.4, 0.5) is 0 Å². The Morgan fingerprint density at radius 1 is 0.704 bits per heavy atom. The van der Waals surface area contributed by atoms with Gasteiger partial charge in [-0.1, -0.05) is 103 Å². The van der Waals surface area contributed by atoms with Crippen LogP contribution >= 0.6 is 0 Å². The summed E-state index contributed by atoms with van der Waals surface area (Å²) in [6, 6.07) is 0. The third-order valence-corrected chi connectivity index (χ3v) is 5.00. The Labute approximate surface area is 169 Å². The van der Waals surface area contributed by atoms with Crippen molar-refractivity contribution in [3.8, 4) is 0 Å². The molecule has 0 N–H and O–H groups in total. The molecular formula is C24H47NO2. The molecule has 0 amide bonds. The standard InChI is InChI=1S/C24H47NO2/c1-5-6-7-8-9-10-11-12-13-14-15-16-17-18-19-20-21-27-24(26)23(2)22-25(3)4/h22H,5-21H2,1-4H3/b23-22+. The van der Waals surface area contributed by atoms with Crippen molar-refractivity contribution in [2.45, 2.75) is 117 Å². The lowest BCUT2D eigenvalue weighted by molar-refractivity contribution is -0.139. The first kappa shape index (κ1) is 26.0. The maximum absolute atomic E-state index is 11.7. The highest BCUT2D eigenvalue weighted by Gasteiger charge is 2.05. The molecule has 0 radical (unpaired) electrons. The van der Waals surface area contributed by atoms with Crippen LogP contribution in [0.1, 0.15) is 117 Å². The third-order valence-electron chi connectivity index (χ3n) is 5.00. The van der Waals surface area contributed by atoms with Crippen LogP contribution in [0.5, 0.6) is 0 Å². The van der Waals surface area contributed by atoms with Gasteiger partial charge in [-0.3, -0.25) is 0 Å². The van der Waals surface area contributed by atoms with Crippen LogP contribution in [0.2, 0.25) is 0 Å². The lowest BCUT2D eigenvalue weighted by Gasteiger charge is -2.08. The van der Waals surface area contributed by atoms with E-state index in [-0.39, 0.29) is 5.97 Å². The molecule has 3 heteroatoms. The Morgan fingerprint density at radius 2 is 1.07 bits per heavy atom. The smallest absolute Gasteiger partial charge is 0.335 e. The molecule has 0 spiro atoms. The molecule has 0 aromatic heterocycles. The van der Waals surface area contributed by atoms with E-state index >= 15 is 0 Å². The van der Waals surface area contributed by atoms with Crippen molar-refractivity contribution in [2.75, 3.05) is 20.7 Å². The van der Waals surface area contributed by atoms with Gasteiger partial charge in [-0.15, -0.1) is 0 Å². The van der Waals surface area contributed by atoms with E-state index in [2.05, 4.69) is 6.92 Å². The second-order valence-corrected chi connectivity index (χ2v) is 8.21. The summed E-state index contributed by atoms with van der Waals surface area (Å²) in [6.45, 7) is 4.63. The van der Waals surface area contributed by atoms with Gasteiger partial charge in [-0.25, -0.2) is 4.79 Å². The van der Waals surface area contributed by atoms with Crippen LogP contribution in [-0.2, 0) is 9.53 Å². The van der Waals surface area contributed by atoms with Crippen molar-refractivity contribution in [1.82, 2.24) is 4.90 Å². The summed E-state index contributed by atoms with van der Waals surface area (Å²) in [5, 5.41) is 0. The SMILES string of the molecule is CCCCCCCCCCCCCCCCCCOC(=O)/C(C)=C/N(C)C. The molecule has 0 bridgehead atoms. The zero-order valence-corrected chi connectivity index (χ0v) is 18.9. The van der Waals surface area contributed by atoms with Crippen LogP contribution in [0.3, 0.4) is 0 Å². The maximum Gasteiger partial charge on any atom is 0.335 e. The molecule has 0 saturated carbocycles. The minimum Gasteiger partial charge on any atom is -0.462 e. The van der Waals surface area contributed by atoms with E-state index in [1.54, 1.807) is 13.1 Å². The maximum atomic E-state index is 11.7. The summed E-state index contributed by atoms with van der Waals surface area (Å²) >= 11 is 0. The van der Waals surface area contributed by atoms with Crippen molar-refractivity contribution >= 4 is 5.97 Å². The predicted molar refractivity (Wildman–Crippen MR) is 118 cm³/mol. The molecule has 0 atom stereocenters. The number of hydrogen-bond acceptors (Lipinski definition) is 3. The number of unbranched alkanes of at least 4 members (excludes halogenated alkanes) is 15. The van der Waals surface area contributed by atoms with Gasteiger partial charge < -0.3 is 9.64 Å². The summed E-state index contributed by atoms with van der Waals surface area (Å²) in [7, 11) is 3.82. The van der Waals surface area contributed by atoms with Gasteiger partial charge in [-0.05, 0) is 13.3 Å². The Balaban J connectivity index is 3.22. The largest absolute Gasteiger partial charge is 0.462 e. The van der Waals surface area contributed by atoms with Gasteiger partial charge in [0.25, 0.3) is 0 Å². The van der Waals surface area contributed by atoms with E-state index in [0.717, 1.165) is 6.42 Å². The topological polar surface area (TPSA) is 29.5 Å². The fourth-order valence-electron chi connectivity index (χ4n) is 3.37. The molecule has 27 heavy (non-hydrogen) atoms. The van der Waals surface area contributed by atoms with E-state index in [4.69, 9.17) is 4.74 Å². The number of nitrogens with zero attached hydrogens (tertiary/aromatic N) is 1. The number of carbonyl (C=O) groups excluding carboxylic acids is 1. The zero-order chi connectivity index (χ0) is 20.2. The molecule has 0 fully saturated rings. The van der Waals surface area contributed by atoms with Gasteiger partial charge in [0.2, 0.25) is 0 Å². The van der Waals surface area contributed by atoms with E-state index in [1.807, 2.05) is 19.0 Å². The van der Waals surface area contributed by atoms with Gasteiger partial charge in [-0.2, -0.15) is 0 Å². The van der Waals surface area contributed by atoms with Gasteiger partial charge >= 0.3 is 5.97 Å². The molecule has 0 aliphatic rings. The molecular weight excluding hydrogens is 334 g/mol. The highest BCUT2D eigenvalue weighted by Crippen LogP contribution is 2.13. The number of carbonyl (C=O) groups is 1. The Bertz CT molecular complexity index is 363. The summed E-state index contributed by atoms with van der Waals surface area (Å²) in [5.74, 6) is -0.190. The Morgan fingerprint density at radius 3 is 1.44 bits per heavy atom. The van der Waals surface area contributed by atoms with E-state index in [9.17, 15) is 4.79 Å². The first-order valence-corrected chi connectivity index (χ1v) is 11.6. The van der Waals surface area contributed by atoms with Crippen LogP contribution in [-0.4, -0.2) is 31.6 Å². The molecule has 3 nitrogen and oxygen atoms in total. The molecule has 0 rings (SSSR count). The summed E-state index contributed by atoms with van der Waals surface area (Å²) in [5.41, 5.74) is 0.663. The molecule has 160 valence electrons. The molecule has 0 saturated heterocycles. The number of hydrogen-bond donors (Lipinski definition) is 0. The van der Waals surface area contributed by atoms with Crippen LogP contribution in [0, 0.1) is 0 Å². The Kier molecular flexibility index (Phi) is 19.0. The first-order valence-electron chi connectivity index (χ1n) is 11.6. The van der Waals surface area contributed by atoms with Crippen LogP contribution < -0.4 is 0 Å². The quantitative estimate of drug-likeness (QED) is 0.134. The third kappa shape index (κ3) is 19.6. The van der Waals surface area contributed by atoms with E-state index in [0.29, 0.717) is 12.2 Å². The summed E-state index contributed by atoms with van der Waals surface area (Å²) in [6.07, 6.45) is 23.5. The molecule has 0 unspecified atom stereocenters. The zero-order valence-electron chi connectivity index (χ0n) is 18.9. The average molecular weight is 382 g/mol. The second kappa shape index (κ2) is 19.8. The van der Waals surface area contributed by atoms with Crippen molar-refractivity contribution in [1.29, 1.82) is 0 Å². The number of ether oxygens (including phenoxy) is 1. The van der Waals surface area contributed by atoms with Crippen molar-refractivity contribution in [2.24, 2.45) is 0 Å². The van der Waals surface area contributed by atoms with Gasteiger partial charge in [0.1, 0.15) is 0 Å². The molecule has 0 aromatic rings. The summed E-state index contributed by atoms with van der Waals surface area (Å²) < 4.78 is 5.29. The lowest BCUT2D eigenvalue weighted by Crippen LogP contribution is -2.11. The lowest BCUT2D eigenvalue weighted by atomic mass is 10.0. The normalized spacial score (nSPS) is 11.6. The monoisotopic (exact) mass is 381 g/mol. The van der Waals surface area contributed by atoms with Gasteiger partial charge in [0.15, 0.2) is 0 Å². The number of rotatable bonds is 19. The highest BCUT2D eigenvalue weighted by molar-refractivity contribution is 5.87. The highest BCUT2D eigenvalue weighted by atomic mass is 16.5. The van der Waals surface area contributed by atoms with E-state index < -0.39 is 0 Å². The number of esters is 1. The summed E-state index contributed by atoms with van der Waals surface area (Å²) in [4.78, 5) is 13.6. The Hall–Kier alpha value is -0.990. The van der Waals surface area contributed by atoms with Crippen LogP contribution in [0.15, 0.2) is 11.8 Å². The minimum absolute atomic E-state index is 0.190. The molecule has 0 aliphatic carbocycles. The second-order valence-electron chi connectivity index (χ2n) is 8.21. The van der Waals surface area contributed by atoms with Crippen molar-refractivity contribution in [3.63, 3.8) is 0 Å². The minimum atomic E-state index is -0.190. The van der Waals surface area contributed by atoms with E-state index in [1.165, 1.54) is 96.3 Å². The van der Waals surface area contributed by atoms with Crippen LogP contribution in [0.25, 0.3) is 0 Å². The van der Waals surface area contributed by atoms with Crippen molar-refractivity contribution in [3.05, 3.63) is 11.8 Å². The molecule has 0 aliphatic heterocycles. The van der Waals surface area contributed by atoms with Gasteiger partial charge in [0.05, 0.1) is 6.61 Å². The average Bonchev–Trinajstić information content (AvgIpc) is 2.63. The van der Waals surface area contributed by atoms with Gasteiger partial charge in [0, 0.05) is 25.9 Å². The first-order chi connectivity index (χ1) is 13.1. The molecule has 0 heterocycles. The molecule has 0 aromatic carbocycles. The fourth-order valence-corrected chi connectivity index (χ4v) is 3.37.